The Kier molecular flexibility index (Phi) is 5.91. The molecule has 0 saturated carbocycles. The van der Waals surface area contributed by atoms with Gasteiger partial charge in [-0.15, -0.1) is 5.10 Å². The van der Waals surface area contributed by atoms with E-state index in [2.05, 4.69) is 58.1 Å². The van der Waals surface area contributed by atoms with Crippen LogP contribution in [0.25, 0.3) is 10.9 Å². The maximum Gasteiger partial charge on any atom is 0.253 e. The van der Waals surface area contributed by atoms with E-state index < -0.39 is 0 Å². The largest absolute Gasteiger partial charge is 0.493 e. The van der Waals surface area contributed by atoms with Crippen molar-refractivity contribution in [2.75, 3.05) is 47.4 Å². The van der Waals surface area contributed by atoms with Crippen molar-refractivity contribution in [3.63, 3.8) is 0 Å². The molecule has 0 unspecified atom stereocenters. The van der Waals surface area contributed by atoms with E-state index in [1.54, 1.807) is 20.3 Å². The molecule has 3 aromatic rings. The molecule has 10 nitrogen and oxygen atoms in total. The van der Waals surface area contributed by atoms with Gasteiger partial charge in [-0.3, -0.25) is 9.69 Å². The molecular weight excluding hydrogens is 410 g/mol. The number of benzene rings is 1. The molecule has 0 aliphatic carbocycles. The lowest BCUT2D eigenvalue weighted by Gasteiger charge is -2.38. The lowest BCUT2D eigenvalue weighted by molar-refractivity contribution is 0.118. The van der Waals surface area contributed by atoms with Crippen molar-refractivity contribution in [3.8, 4) is 11.5 Å². The van der Waals surface area contributed by atoms with Gasteiger partial charge in [-0.25, -0.2) is 4.68 Å². The first-order valence-corrected chi connectivity index (χ1v) is 10.7. The van der Waals surface area contributed by atoms with Gasteiger partial charge in [0.1, 0.15) is 6.04 Å². The minimum Gasteiger partial charge on any atom is -0.493 e. The second-order valence-corrected chi connectivity index (χ2v) is 9.21. The molecule has 1 N–H and O–H groups in total. The first-order valence-electron chi connectivity index (χ1n) is 10.7. The number of nitrogens with one attached hydrogen (secondary N) is 1. The third-order valence-corrected chi connectivity index (χ3v) is 5.95. The number of likely N-dealkylation sites (N-methyl/N-ethyl adjacent to an activating group) is 1. The van der Waals surface area contributed by atoms with Gasteiger partial charge < -0.3 is 19.4 Å². The number of fused-ring (bicyclic) bond motifs is 1. The number of rotatable bonds is 5. The first kappa shape index (κ1) is 22.2. The summed E-state index contributed by atoms with van der Waals surface area (Å²) in [6, 6.07) is 5.20. The molecule has 0 bridgehead atoms. The van der Waals surface area contributed by atoms with Crippen molar-refractivity contribution in [3.05, 3.63) is 39.9 Å². The van der Waals surface area contributed by atoms with Crippen molar-refractivity contribution in [2.45, 2.75) is 32.4 Å². The van der Waals surface area contributed by atoms with Crippen LogP contribution in [-0.2, 0) is 5.54 Å². The number of aromatic nitrogens is 5. The van der Waals surface area contributed by atoms with E-state index in [0.29, 0.717) is 28.4 Å². The van der Waals surface area contributed by atoms with Crippen molar-refractivity contribution in [1.82, 2.24) is 35.0 Å². The molecule has 2 aromatic heterocycles. The van der Waals surface area contributed by atoms with Gasteiger partial charge >= 0.3 is 0 Å². The summed E-state index contributed by atoms with van der Waals surface area (Å²) >= 11 is 0. The van der Waals surface area contributed by atoms with Gasteiger partial charge in [0, 0.05) is 43.2 Å². The van der Waals surface area contributed by atoms with Gasteiger partial charge in [-0.2, -0.15) is 0 Å². The molecule has 32 heavy (non-hydrogen) atoms. The van der Waals surface area contributed by atoms with Crippen LogP contribution in [0.2, 0.25) is 0 Å². The van der Waals surface area contributed by atoms with E-state index in [4.69, 9.17) is 9.47 Å². The molecule has 10 heteroatoms. The smallest absolute Gasteiger partial charge is 0.253 e. The average Bonchev–Trinajstić information content (AvgIpc) is 3.25. The van der Waals surface area contributed by atoms with Gasteiger partial charge in [-0.1, -0.05) is 0 Å². The van der Waals surface area contributed by atoms with E-state index in [1.165, 1.54) is 0 Å². The highest BCUT2D eigenvalue weighted by Crippen LogP contribution is 2.34. The fourth-order valence-electron chi connectivity index (χ4n) is 4.17. The van der Waals surface area contributed by atoms with Crippen LogP contribution in [0.3, 0.4) is 0 Å². The fourth-order valence-corrected chi connectivity index (χ4v) is 4.17. The summed E-state index contributed by atoms with van der Waals surface area (Å²) in [5.74, 6) is 1.83. The molecule has 0 radical (unpaired) electrons. The predicted molar refractivity (Wildman–Crippen MR) is 121 cm³/mol. The van der Waals surface area contributed by atoms with Crippen LogP contribution in [0.1, 0.15) is 38.2 Å². The Bertz CT molecular complexity index is 1160. The SMILES string of the molecule is COc1cc2cc([C@@H](c3nnnn3C(C)(C)C)N3CCN(C)CC3)c(=O)[nH]c2cc1OC. The molecule has 1 aromatic carbocycles. The Labute approximate surface area is 187 Å². The number of ether oxygens (including phenoxy) is 2. The average molecular weight is 442 g/mol. The van der Waals surface area contributed by atoms with Crippen LogP contribution in [0, 0.1) is 0 Å². The van der Waals surface area contributed by atoms with Crippen LogP contribution in [0.15, 0.2) is 23.0 Å². The van der Waals surface area contributed by atoms with E-state index in [1.807, 2.05) is 16.8 Å². The highest BCUT2D eigenvalue weighted by molar-refractivity contribution is 5.83. The Morgan fingerprint density at radius 3 is 2.31 bits per heavy atom. The summed E-state index contributed by atoms with van der Waals surface area (Å²) < 4.78 is 12.7. The molecule has 1 fully saturated rings. The van der Waals surface area contributed by atoms with Gasteiger partial charge in [0.05, 0.1) is 25.3 Å². The molecule has 3 heterocycles. The molecule has 1 aliphatic rings. The lowest BCUT2D eigenvalue weighted by Crippen LogP contribution is -2.48. The van der Waals surface area contributed by atoms with Crippen LogP contribution in [0.5, 0.6) is 11.5 Å². The fraction of sp³-hybridized carbons (Fsp3) is 0.545. The highest BCUT2D eigenvalue weighted by atomic mass is 16.5. The minimum atomic E-state index is -0.376. The van der Waals surface area contributed by atoms with Gasteiger partial charge in [-0.05, 0) is 50.4 Å². The molecular formula is C22H31N7O3. The second kappa shape index (κ2) is 8.51. The summed E-state index contributed by atoms with van der Waals surface area (Å²) in [6.45, 7) is 9.58. The monoisotopic (exact) mass is 441 g/mol. The van der Waals surface area contributed by atoms with E-state index in [-0.39, 0.29) is 17.1 Å². The molecule has 1 saturated heterocycles. The van der Waals surface area contributed by atoms with Crippen molar-refractivity contribution in [2.24, 2.45) is 0 Å². The summed E-state index contributed by atoms with van der Waals surface area (Å²) in [5, 5.41) is 13.5. The van der Waals surface area contributed by atoms with E-state index in [9.17, 15) is 4.79 Å². The maximum atomic E-state index is 13.3. The number of hydrogen-bond donors (Lipinski definition) is 1. The number of pyridine rings is 1. The van der Waals surface area contributed by atoms with E-state index in [0.717, 1.165) is 31.6 Å². The summed E-state index contributed by atoms with van der Waals surface area (Å²) in [5.41, 5.74) is 0.791. The zero-order valence-electron chi connectivity index (χ0n) is 19.5. The molecule has 4 rings (SSSR count). The van der Waals surface area contributed by atoms with Gasteiger partial charge in [0.2, 0.25) is 0 Å². The molecule has 1 aliphatic heterocycles. The third kappa shape index (κ3) is 4.07. The molecule has 1 atom stereocenters. The zero-order valence-corrected chi connectivity index (χ0v) is 19.5. The van der Waals surface area contributed by atoms with Crippen LogP contribution in [0.4, 0.5) is 0 Å². The summed E-state index contributed by atoms with van der Waals surface area (Å²) in [4.78, 5) is 20.9. The normalized spacial score (nSPS) is 16.9. The standard InChI is InChI=1S/C22H31N7O3/c1-22(2,3)29-20(24-25-26-29)19(28-9-7-27(4)8-10-28)15-11-14-12-17(31-5)18(32-6)13-16(14)23-21(15)30/h11-13,19H,7-10H2,1-6H3,(H,23,30)/t19-/m0/s1. The van der Waals surface area contributed by atoms with Gasteiger partial charge in [0.25, 0.3) is 5.56 Å². The maximum absolute atomic E-state index is 13.3. The second-order valence-electron chi connectivity index (χ2n) is 9.21. The van der Waals surface area contributed by atoms with Crippen LogP contribution in [-0.4, -0.2) is 82.4 Å². The Balaban J connectivity index is 1.90. The quantitative estimate of drug-likeness (QED) is 0.638. The highest BCUT2D eigenvalue weighted by Gasteiger charge is 2.34. The Morgan fingerprint density at radius 1 is 1.03 bits per heavy atom. The van der Waals surface area contributed by atoms with Crippen molar-refractivity contribution >= 4 is 10.9 Å². The first-order chi connectivity index (χ1) is 15.2. The van der Waals surface area contributed by atoms with Crippen LogP contribution < -0.4 is 15.0 Å². The number of H-pyrrole nitrogens is 1. The number of methoxy groups -OCH3 is 2. The number of aromatic amines is 1. The summed E-state index contributed by atoms with van der Waals surface area (Å²) in [6.07, 6.45) is 0. The number of hydrogen-bond acceptors (Lipinski definition) is 8. The third-order valence-electron chi connectivity index (χ3n) is 5.95. The summed E-state index contributed by atoms with van der Waals surface area (Å²) in [7, 11) is 5.28. The van der Waals surface area contributed by atoms with Crippen molar-refractivity contribution < 1.29 is 9.47 Å². The Hall–Kier alpha value is -2.98. The number of piperazine rings is 1. The number of nitrogens with zero attached hydrogens (tertiary/aromatic N) is 6. The Morgan fingerprint density at radius 2 is 1.69 bits per heavy atom. The topological polar surface area (TPSA) is 101 Å². The zero-order chi connectivity index (χ0) is 23.0. The van der Waals surface area contributed by atoms with Gasteiger partial charge in [0.15, 0.2) is 17.3 Å². The number of tetrazole rings is 1. The molecule has 0 spiro atoms. The predicted octanol–water partition coefficient (Wildman–Crippen LogP) is 1.62. The van der Waals surface area contributed by atoms with Crippen LogP contribution >= 0.6 is 0 Å². The molecule has 0 amide bonds. The van der Waals surface area contributed by atoms with Crippen molar-refractivity contribution in [1.29, 1.82) is 0 Å². The van der Waals surface area contributed by atoms with E-state index >= 15 is 0 Å². The minimum absolute atomic E-state index is 0.169. The lowest BCUT2D eigenvalue weighted by atomic mass is 10.0. The molecule has 172 valence electrons.